The number of aliphatic hydroxyl groups excluding tert-OH is 1. The number of nitrogens with one attached hydrogen (secondary N) is 1. The third-order valence-electron chi connectivity index (χ3n) is 6.19. The highest BCUT2D eigenvalue weighted by molar-refractivity contribution is 7.89. The molecule has 13 heteroatoms. The highest BCUT2D eigenvalue weighted by Crippen LogP contribution is 2.33. The van der Waals surface area contributed by atoms with Gasteiger partial charge in [-0.05, 0) is 54.6 Å². The first-order valence-corrected chi connectivity index (χ1v) is 13.5. The lowest BCUT2D eigenvalue weighted by Gasteiger charge is -2.31. The van der Waals surface area contributed by atoms with E-state index in [2.05, 4.69) is 5.32 Å². The molecule has 2 saturated heterocycles. The lowest BCUT2D eigenvalue weighted by Crippen LogP contribution is -2.51. The van der Waals surface area contributed by atoms with Crippen LogP contribution in [-0.4, -0.2) is 81.7 Å². The van der Waals surface area contributed by atoms with E-state index < -0.39 is 120 Å². The number of rotatable bonds is 12. The molecule has 0 unspecified atom stereocenters. The van der Waals surface area contributed by atoms with Crippen LogP contribution in [0.1, 0.15) is 46.2 Å². The zero-order chi connectivity index (χ0) is 42.7. The average Bonchev–Trinajstić information content (AvgIpc) is 3.57. The minimum atomic E-state index is -5.76. The molecule has 0 aliphatic carbocycles. The fourth-order valence-corrected chi connectivity index (χ4v) is 5.43. The molecule has 0 radical (unpaired) electrons. The lowest BCUT2D eigenvalue weighted by molar-refractivity contribution is -0.0907. The van der Waals surface area contributed by atoms with Crippen molar-refractivity contribution in [2.75, 3.05) is 33.2 Å². The molecule has 5 atom stereocenters. The van der Waals surface area contributed by atoms with Gasteiger partial charge in [-0.3, -0.25) is 0 Å². The fraction of sp³-hybridized carbons (Fsp3) is 0.536. The van der Waals surface area contributed by atoms with E-state index in [9.17, 15) is 27.1 Å². The molecule has 41 heavy (non-hydrogen) atoms. The average molecular weight is 614 g/mol. The van der Waals surface area contributed by atoms with Gasteiger partial charge in [-0.25, -0.2) is 22.0 Å². The van der Waals surface area contributed by atoms with E-state index in [-0.39, 0.29) is 30.4 Å². The van der Waals surface area contributed by atoms with E-state index in [1.165, 1.54) is 12.1 Å². The number of carbonyl (C=O) groups is 1. The number of methoxy groups -OCH3 is 1. The van der Waals surface area contributed by atoms with Crippen molar-refractivity contribution in [3.05, 3.63) is 59.7 Å². The topological polar surface area (TPSA) is 124 Å². The smallest absolute Gasteiger partial charge is 0.407 e. The normalized spacial score (nSPS) is 32.0. The van der Waals surface area contributed by atoms with Gasteiger partial charge < -0.3 is 29.4 Å². The number of alkyl carbamates (subject to hydrolysis) is 1. The summed E-state index contributed by atoms with van der Waals surface area (Å²) in [6, 6.07) is 3.59. The van der Waals surface area contributed by atoms with Crippen LogP contribution >= 0.6 is 0 Å². The molecule has 2 aromatic rings. The second kappa shape index (κ2) is 13.4. The van der Waals surface area contributed by atoms with Crippen molar-refractivity contribution in [2.45, 2.75) is 56.0 Å². The van der Waals surface area contributed by atoms with Crippen molar-refractivity contribution in [3.63, 3.8) is 0 Å². The number of hydrogen-bond acceptors (Lipinski definition) is 8. The maximum atomic E-state index is 14.3. The van der Waals surface area contributed by atoms with Gasteiger partial charge in [-0.15, -0.1) is 0 Å². The summed E-state index contributed by atoms with van der Waals surface area (Å²) in [7, 11) is -8.63. The zero-order valence-electron chi connectivity index (χ0n) is 36.1. The molecule has 2 aliphatic rings. The van der Waals surface area contributed by atoms with Gasteiger partial charge in [0.15, 0.2) is 17.9 Å². The number of carbonyl (C=O) groups excluding carboxylic acids is 1. The van der Waals surface area contributed by atoms with E-state index in [1.54, 1.807) is 0 Å². The largest absolute Gasteiger partial charge is 0.497 e. The van der Waals surface area contributed by atoms with Crippen LogP contribution < -0.4 is 10.1 Å². The molecule has 2 N–H and O–H groups in total. The van der Waals surface area contributed by atoms with E-state index in [1.807, 2.05) is 0 Å². The number of halogens is 2. The van der Waals surface area contributed by atoms with Crippen molar-refractivity contribution in [2.24, 2.45) is 11.8 Å². The number of ether oxygens (including phenoxy) is 4. The van der Waals surface area contributed by atoms with Gasteiger partial charge in [-0.2, -0.15) is 4.31 Å². The molecular weight excluding hydrogens is 562 g/mol. The van der Waals surface area contributed by atoms with Gasteiger partial charge >= 0.3 is 6.09 Å². The van der Waals surface area contributed by atoms with Crippen LogP contribution in [0.3, 0.4) is 0 Å². The van der Waals surface area contributed by atoms with Crippen molar-refractivity contribution in [3.8, 4) is 5.75 Å². The summed E-state index contributed by atoms with van der Waals surface area (Å²) in [6.07, 6.45) is -8.76. The Morgan fingerprint density at radius 3 is 2.78 bits per heavy atom. The highest BCUT2D eigenvalue weighted by atomic mass is 32.2. The number of aliphatic hydroxyl groups is 1. The van der Waals surface area contributed by atoms with Gasteiger partial charge in [0.2, 0.25) is 10.0 Å². The molecule has 0 spiro atoms. The summed E-state index contributed by atoms with van der Waals surface area (Å²) in [5.41, 5.74) is 0.106. The SMILES string of the molecule is [2H]C([2H])([2H])Oc1ccc(C[C@H](NC(=O)O[C@]2([2H])[C@@H]3CCO[C@@H]3OC2([2H])[2H])[C@H](O)CN(C([2H])([2H])C([2H])(C([2H])([2H])[2H])C([2H])([2H])[2H])S(=O)(=O)c2ccc(F)c(F)c2)cc1. The number of benzene rings is 2. The molecule has 2 aliphatic heterocycles. The Balaban J connectivity index is 1.81. The summed E-state index contributed by atoms with van der Waals surface area (Å²) in [5, 5.41) is 13.7. The minimum Gasteiger partial charge on any atom is -0.497 e. The van der Waals surface area contributed by atoms with Crippen LogP contribution in [-0.2, 0) is 30.7 Å². The van der Waals surface area contributed by atoms with Crippen LogP contribution in [0, 0.1) is 23.4 Å². The number of nitrogens with zero attached hydrogens (tertiary/aromatic N) is 1. The Morgan fingerprint density at radius 2 is 2.07 bits per heavy atom. The third-order valence-corrected chi connectivity index (χ3v) is 7.86. The Kier molecular flexibility index (Phi) is 5.47. The van der Waals surface area contributed by atoms with Gasteiger partial charge in [0.05, 0.1) is 51.4 Å². The number of hydrogen-bond donors (Lipinski definition) is 2. The van der Waals surface area contributed by atoms with E-state index in [4.69, 9.17) is 39.5 Å². The van der Waals surface area contributed by atoms with Gasteiger partial charge in [-0.1, -0.05) is 25.8 Å². The van der Waals surface area contributed by atoms with Crippen LogP contribution in [0.25, 0.3) is 0 Å². The molecule has 0 bridgehead atoms. The monoisotopic (exact) mass is 613 g/mol. The Labute approximate surface area is 259 Å². The van der Waals surface area contributed by atoms with Crippen molar-refractivity contribution in [1.29, 1.82) is 0 Å². The van der Waals surface area contributed by atoms with Crippen LogP contribution in [0.4, 0.5) is 13.6 Å². The maximum absolute atomic E-state index is 14.3. The van der Waals surface area contributed by atoms with Crippen molar-refractivity contribution < 1.29 is 66.6 Å². The second-order valence-corrected chi connectivity index (χ2v) is 10.8. The molecule has 2 aromatic carbocycles. The van der Waals surface area contributed by atoms with E-state index >= 15 is 0 Å². The van der Waals surface area contributed by atoms with Gasteiger partial charge in [0.1, 0.15) is 11.8 Å². The number of fused-ring (bicyclic) bond motifs is 1. The van der Waals surface area contributed by atoms with Crippen molar-refractivity contribution >= 4 is 16.1 Å². The zero-order valence-corrected chi connectivity index (χ0v) is 21.9. The molecule has 1 amide bonds. The first kappa shape index (κ1) is 16.7. The molecule has 2 fully saturated rings. The summed E-state index contributed by atoms with van der Waals surface area (Å²) >= 11 is 0. The maximum Gasteiger partial charge on any atom is 0.407 e. The summed E-state index contributed by atoms with van der Waals surface area (Å²) in [4.78, 5) is 12.1. The fourth-order valence-electron chi connectivity index (χ4n) is 4.12. The molecule has 0 saturated carbocycles. The summed E-state index contributed by atoms with van der Waals surface area (Å²) in [6.45, 7) is -17.3. The van der Waals surface area contributed by atoms with E-state index in [0.717, 1.165) is 12.1 Å². The highest BCUT2D eigenvalue weighted by Gasteiger charge is 2.44. The first-order valence-electron chi connectivity index (χ1n) is 19.5. The standard InChI is InChI=1S/C28H36F2N2O8S/c1-17(2)14-32(41(35,36)20-8-9-22(29)23(30)13-20)15-25(33)24(12-18-4-6-19(37-3)7-5-18)31-28(34)40-26-16-39-27-21(26)10-11-38-27/h4-9,13,17,21,24-27,33H,10-12,14-16H2,1-3H3,(H,31,34)/t21-,24-,25+,26-,27+/m0/s1/i1D3,2D3,3D3,14D2,16D2,17D,26D. The summed E-state index contributed by atoms with van der Waals surface area (Å²) in [5.74, 6) is -9.05. The molecule has 4 rings (SSSR count). The predicted molar refractivity (Wildman–Crippen MR) is 144 cm³/mol. The third kappa shape index (κ3) is 7.72. The lowest BCUT2D eigenvalue weighted by atomic mass is 10.0. The molecule has 10 nitrogen and oxygen atoms in total. The quantitative estimate of drug-likeness (QED) is 0.375. The van der Waals surface area contributed by atoms with Gasteiger partial charge in [0, 0.05) is 25.4 Å². The number of sulfonamides is 1. The van der Waals surface area contributed by atoms with E-state index in [0.29, 0.717) is 12.1 Å². The van der Waals surface area contributed by atoms with Crippen molar-refractivity contribution in [1.82, 2.24) is 9.62 Å². The molecule has 226 valence electrons. The van der Waals surface area contributed by atoms with Gasteiger partial charge in [0.25, 0.3) is 0 Å². The molecule has 2 heterocycles. The first-order chi connectivity index (χ1) is 25.3. The Bertz CT molecular complexity index is 1860. The minimum absolute atomic E-state index is 0.00537. The summed E-state index contributed by atoms with van der Waals surface area (Å²) < 4.78 is 196. The Hall–Kier alpha value is -2.84. The number of amides is 1. The molecule has 0 aromatic heterocycles. The molecular formula is C28H36F2N2O8S. The predicted octanol–water partition coefficient (Wildman–Crippen LogP) is 3.08. The van der Waals surface area contributed by atoms with Crippen LogP contribution in [0.15, 0.2) is 47.4 Å². The van der Waals surface area contributed by atoms with Crippen LogP contribution in [0.5, 0.6) is 5.75 Å². The van der Waals surface area contributed by atoms with Crippen LogP contribution in [0.2, 0.25) is 0 Å². The second-order valence-electron chi connectivity index (χ2n) is 8.98. The Morgan fingerprint density at radius 1 is 1.29 bits per heavy atom.